The van der Waals surface area contributed by atoms with Gasteiger partial charge in [-0.2, -0.15) is 8.78 Å². The van der Waals surface area contributed by atoms with Gasteiger partial charge in [-0.3, -0.25) is 9.59 Å². The summed E-state index contributed by atoms with van der Waals surface area (Å²) in [6.07, 6.45) is 0.329. The second kappa shape index (κ2) is 5.98. The number of ketones is 1. The van der Waals surface area contributed by atoms with Gasteiger partial charge in [-0.05, 0) is 12.5 Å². The average molecular weight is 284 g/mol. The Hall–Kier alpha value is -1.98. The van der Waals surface area contributed by atoms with Crippen LogP contribution in [0.2, 0.25) is 0 Å². The highest BCUT2D eigenvalue weighted by atomic mass is 19.3. The van der Waals surface area contributed by atoms with Crippen molar-refractivity contribution < 1.29 is 27.8 Å². The van der Waals surface area contributed by atoms with Crippen molar-refractivity contribution in [1.29, 1.82) is 0 Å². The van der Waals surface area contributed by atoms with Gasteiger partial charge in [0.15, 0.2) is 0 Å². The second-order valence-electron chi connectivity index (χ2n) is 4.60. The van der Waals surface area contributed by atoms with E-state index in [1.54, 1.807) is 18.2 Å². The molecule has 1 fully saturated rings. The van der Waals surface area contributed by atoms with Crippen LogP contribution in [-0.2, 0) is 14.3 Å². The van der Waals surface area contributed by atoms with E-state index in [4.69, 9.17) is 0 Å². The quantitative estimate of drug-likeness (QED) is 0.797. The Morgan fingerprint density at radius 3 is 2.70 bits per heavy atom. The van der Waals surface area contributed by atoms with E-state index in [2.05, 4.69) is 9.47 Å². The number of carbonyl (C=O) groups excluding carboxylic acids is 2. The Kier molecular flexibility index (Phi) is 4.32. The first-order valence-electron chi connectivity index (χ1n) is 6.17. The average Bonchev–Trinajstić information content (AvgIpc) is 2.80. The lowest BCUT2D eigenvalue weighted by atomic mass is 9.95. The molecule has 1 aliphatic carbocycles. The number of Topliss-reactive ketones (excluding diaryl/α,β-unsaturated/α-hetero) is 1. The molecule has 0 amide bonds. The molecular formula is C14H14F2O4. The van der Waals surface area contributed by atoms with Gasteiger partial charge in [-0.1, -0.05) is 18.2 Å². The fourth-order valence-corrected chi connectivity index (χ4v) is 2.50. The van der Waals surface area contributed by atoms with Crippen molar-refractivity contribution in [1.82, 2.24) is 0 Å². The Morgan fingerprint density at radius 2 is 2.05 bits per heavy atom. The molecule has 108 valence electrons. The summed E-state index contributed by atoms with van der Waals surface area (Å²) in [5, 5.41) is 0. The van der Waals surface area contributed by atoms with E-state index < -0.39 is 24.4 Å². The first kappa shape index (κ1) is 14.4. The van der Waals surface area contributed by atoms with Crippen LogP contribution in [0.25, 0.3) is 0 Å². The molecule has 0 spiro atoms. The number of benzene rings is 1. The topological polar surface area (TPSA) is 52.6 Å². The molecule has 1 aromatic rings. The maximum atomic E-state index is 12.4. The fraction of sp³-hybridized carbons (Fsp3) is 0.429. The predicted octanol–water partition coefficient (Wildman–Crippen LogP) is 2.52. The summed E-state index contributed by atoms with van der Waals surface area (Å²) >= 11 is 0. The number of esters is 1. The van der Waals surface area contributed by atoms with E-state index in [1.807, 2.05) is 0 Å². The van der Waals surface area contributed by atoms with Gasteiger partial charge in [0.2, 0.25) is 0 Å². The first-order valence-corrected chi connectivity index (χ1v) is 6.17. The molecule has 1 aromatic carbocycles. The number of carbonyl (C=O) groups is 2. The molecule has 0 unspecified atom stereocenters. The summed E-state index contributed by atoms with van der Waals surface area (Å²) in [5.41, 5.74) is 0.393. The molecule has 1 aliphatic rings. The molecule has 0 N–H and O–H groups in total. The van der Waals surface area contributed by atoms with Crippen molar-refractivity contribution in [3.63, 3.8) is 0 Å². The fourth-order valence-electron chi connectivity index (χ4n) is 2.50. The van der Waals surface area contributed by atoms with Crippen molar-refractivity contribution >= 4 is 11.8 Å². The van der Waals surface area contributed by atoms with Gasteiger partial charge in [0.1, 0.15) is 11.5 Å². The van der Waals surface area contributed by atoms with E-state index >= 15 is 0 Å². The van der Waals surface area contributed by atoms with Gasteiger partial charge >= 0.3 is 12.6 Å². The molecule has 0 aliphatic heterocycles. The lowest BCUT2D eigenvalue weighted by Crippen LogP contribution is -2.13. The molecule has 0 radical (unpaired) electrons. The molecule has 4 nitrogen and oxygen atoms in total. The highest BCUT2D eigenvalue weighted by Gasteiger charge is 2.39. The Labute approximate surface area is 114 Å². The van der Waals surface area contributed by atoms with E-state index in [0.717, 1.165) is 0 Å². The first-order chi connectivity index (χ1) is 9.52. The smallest absolute Gasteiger partial charge is 0.387 e. The summed E-state index contributed by atoms with van der Waals surface area (Å²) in [7, 11) is 1.26. The highest BCUT2D eigenvalue weighted by Crippen LogP contribution is 2.40. The van der Waals surface area contributed by atoms with Crippen molar-refractivity contribution in [3.05, 3.63) is 29.8 Å². The lowest BCUT2D eigenvalue weighted by Gasteiger charge is -2.14. The number of halogens is 2. The Morgan fingerprint density at radius 1 is 1.35 bits per heavy atom. The number of alkyl halides is 2. The van der Waals surface area contributed by atoms with Crippen LogP contribution in [0, 0.1) is 5.92 Å². The second-order valence-corrected chi connectivity index (χ2v) is 4.60. The van der Waals surface area contributed by atoms with Crippen LogP contribution in [0.15, 0.2) is 24.3 Å². The van der Waals surface area contributed by atoms with Crippen molar-refractivity contribution in [2.45, 2.75) is 25.4 Å². The van der Waals surface area contributed by atoms with Crippen molar-refractivity contribution in [2.24, 2.45) is 5.92 Å². The Balaban J connectivity index is 2.24. The van der Waals surface area contributed by atoms with Gasteiger partial charge in [-0.15, -0.1) is 0 Å². The van der Waals surface area contributed by atoms with Gasteiger partial charge in [0.05, 0.1) is 13.0 Å². The third kappa shape index (κ3) is 2.95. The molecule has 1 saturated carbocycles. The lowest BCUT2D eigenvalue weighted by molar-refractivity contribution is -0.145. The number of para-hydroxylation sites is 1. The molecule has 0 aromatic heterocycles. The number of ether oxygens (including phenoxy) is 2. The van der Waals surface area contributed by atoms with Crippen LogP contribution >= 0.6 is 0 Å². The van der Waals surface area contributed by atoms with Gasteiger partial charge in [0.25, 0.3) is 0 Å². The summed E-state index contributed by atoms with van der Waals surface area (Å²) in [4.78, 5) is 23.5. The summed E-state index contributed by atoms with van der Waals surface area (Å²) < 4.78 is 33.8. The molecule has 2 rings (SSSR count). The number of hydrogen-bond acceptors (Lipinski definition) is 4. The molecule has 0 bridgehead atoms. The monoisotopic (exact) mass is 284 g/mol. The molecule has 2 atom stereocenters. The van der Waals surface area contributed by atoms with Gasteiger partial charge in [0, 0.05) is 17.9 Å². The largest absolute Gasteiger partial charge is 0.469 e. The molecular weight excluding hydrogens is 270 g/mol. The van der Waals surface area contributed by atoms with Crippen LogP contribution in [0.5, 0.6) is 5.75 Å². The van der Waals surface area contributed by atoms with E-state index in [1.165, 1.54) is 13.2 Å². The zero-order chi connectivity index (χ0) is 14.7. The van der Waals surface area contributed by atoms with Crippen molar-refractivity contribution in [3.8, 4) is 5.75 Å². The summed E-state index contributed by atoms with van der Waals surface area (Å²) in [5.74, 6) is -1.75. The van der Waals surface area contributed by atoms with E-state index in [-0.39, 0.29) is 24.4 Å². The highest BCUT2D eigenvalue weighted by molar-refractivity contribution is 5.93. The van der Waals surface area contributed by atoms with Crippen LogP contribution in [0.1, 0.15) is 24.3 Å². The minimum atomic E-state index is -2.95. The van der Waals surface area contributed by atoms with Gasteiger partial charge in [-0.25, -0.2) is 0 Å². The van der Waals surface area contributed by atoms with Crippen LogP contribution < -0.4 is 4.74 Å². The minimum Gasteiger partial charge on any atom is -0.469 e. The number of rotatable bonds is 4. The normalized spacial score (nSPS) is 22.1. The van der Waals surface area contributed by atoms with E-state index in [0.29, 0.717) is 5.56 Å². The summed E-state index contributed by atoms with van der Waals surface area (Å²) in [6, 6.07) is 6.16. The third-order valence-corrected chi connectivity index (χ3v) is 3.40. The third-order valence-electron chi connectivity index (χ3n) is 3.40. The number of hydrogen-bond donors (Lipinski definition) is 0. The molecule has 20 heavy (non-hydrogen) atoms. The van der Waals surface area contributed by atoms with Crippen LogP contribution in [0.4, 0.5) is 8.78 Å². The predicted molar refractivity (Wildman–Crippen MR) is 65.6 cm³/mol. The van der Waals surface area contributed by atoms with E-state index in [9.17, 15) is 18.4 Å². The van der Waals surface area contributed by atoms with Crippen LogP contribution in [-0.4, -0.2) is 25.5 Å². The molecule has 0 saturated heterocycles. The minimum absolute atomic E-state index is 0.0219. The Bertz CT molecular complexity index is 516. The maximum Gasteiger partial charge on any atom is 0.387 e. The SMILES string of the molecule is COC(=O)[C@@H]1CC(=O)[C@@H](c2ccccc2OC(F)F)C1. The molecule has 0 heterocycles. The maximum absolute atomic E-state index is 12.4. The van der Waals surface area contributed by atoms with Gasteiger partial charge < -0.3 is 9.47 Å². The zero-order valence-electron chi connectivity index (χ0n) is 10.8. The summed E-state index contributed by atoms with van der Waals surface area (Å²) in [6.45, 7) is -2.95. The number of methoxy groups -OCH3 is 1. The van der Waals surface area contributed by atoms with Crippen molar-refractivity contribution in [2.75, 3.05) is 7.11 Å². The molecule has 6 heteroatoms. The standard InChI is InChI=1S/C14H14F2O4/c1-19-13(18)8-6-10(11(17)7-8)9-4-2-3-5-12(9)20-14(15)16/h2-5,8,10,14H,6-7H2,1H3/t8-,10+/m0/s1. The zero-order valence-corrected chi connectivity index (χ0v) is 10.8. The van der Waals surface area contributed by atoms with Crippen LogP contribution in [0.3, 0.4) is 0 Å².